The lowest BCUT2D eigenvalue weighted by atomic mass is 10.2. The lowest BCUT2D eigenvalue weighted by Gasteiger charge is -2.06. The molecule has 0 aliphatic heterocycles. The van der Waals surface area contributed by atoms with Gasteiger partial charge in [-0.3, -0.25) is 4.79 Å². The molecule has 0 bridgehead atoms. The molecule has 4 nitrogen and oxygen atoms in total. The molecule has 0 saturated heterocycles. The second-order valence-corrected chi connectivity index (χ2v) is 4.78. The van der Waals surface area contributed by atoms with Crippen molar-refractivity contribution in [2.45, 2.75) is 13.3 Å². The van der Waals surface area contributed by atoms with E-state index in [9.17, 15) is 4.79 Å². The fourth-order valence-corrected chi connectivity index (χ4v) is 1.84. The molecule has 5 heteroatoms. The largest absolute Gasteiger partial charge is 0.469 e. The maximum atomic E-state index is 12.1. The minimum atomic E-state index is -0.297. The quantitative estimate of drug-likeness (QED) is 0.856. The van der Waals surface area contributed by atoms with Crippen LogP contribution in [0.25, 0.3) is 0 Å². The summed E-state index contributed by atoms with van der Waals surface area (Å²) < 4.78 is 5.10. The highest BCUT2D eigenvalue weighted by Gasteiger charge is 2.11. The molecular formula is C16H14ClNO3. The van der Waals surface area contributed by atoms with Crippen LogP contribution in [0, 0.1) is 18.8 Å². The predicted molar refractivity (Wildman–Crippen MR) is 81.4 cm³/mol. The molecule has 1 heterocycles. The summed E-state index contributed by atoms with van der Waals surface area (Å²) in [6.45, 7) is 1.78. The molecule has 1 amide bonds. The van der Waals surface area contributed by atoms with Gasteiger partial charge in [-0.1, -0.05) is 23.4 Å². The minimum absolute atomic E-state index is 0.0179. The van der Waals surface area contributed by atoms with Crippen LogP contribution in [-0.4, -0.2) is 17.6 Å². The zero-order valence-electron chi connectivity index (χ0n) is 11.4. The van der Waals surface area contributed by atoms with Gasteiger partial charge in [0.1, 0.15) is 12.0 Å². The van der Waals surface area contributed by atoms with Gasteiger partial charge >= 0.3 is 0 Å². The highest BCUT2D eigenvalue weighted by molar-refractivity contribution is 6.34. The van der Waals surface area contributed by atoms with E-state index >= 15 is 0 Å². The van der Waals surface area contributed by atoms with Crippen LogP contribution in [0.2, 0.25) is 5.02 Å². The number of hydrogen-bond acceptors (Lipinski definition) is 3. The van der Waals surface area contributed by atoms with Crippen molar-refractivity contribution in [3.8, 4) is 11.8 Å². The number of rotatable bonds is 3. The van der Waals surface area contributed by atoms with Crippen molar-refractivity contribution in [1.29, 1.82) is 0 Å². The zero-order chi connectivity index (χ0) is 15.2. The molecule has 0 radical (unpaired) electrons. The van der Waals surface area contributed by atoms with Gasteiger partial charge in [0.15, 0.2) is 0 Å². The topological polar surface area (TPSA) is 62.5 Å². The lowest BCUT2D eigenvalue weighted by molar-refractivity contribution is 0.102. The fraction of sp³-hybridized carbons (Fsp3) is 0.188. The monoisotopic (exact) mass is 303 g/mol. The zero-order valence-corrected chi connectivity index (χ0v) is 12.2. The average Bonchev–Trinajstić information content (AvgIpc) is 2.89. The molecule has 2 N–H and O–H groups in total. The number of amides is 1. The molecule has 108 valence electrons. The Bertz CT molecular complexity index is 710. The van der Waals surface area contributed by atoms with Crippen molar-refractivity contribution in [3.63, 3.8) is 0 Å². The van der Waals surface area contributed by atoms with Gasteiger partial charge in [0.2, 0.25) is 0 Å². The first kappa shape index (κ1) is 15.2. The number of nitrogens with one attached hydrogen (secondary N) is 1. The molecule has 0 fully saturated rings. The molecule has 1 aromatic carbocycles. The number of carbonyl (C=O) groups is 1. The molecule has 0 unspecified atom stereocenters. The summed E-state index contributed by atoms with van der Waals surface area (Å²) in [5, 5.41) is 11.9. The third-order valence-corrected chi connectivity index (χ3v) is 3.01. The van der Waals surface area contributed by atoms with Crippen LogP contribution in [0.4, 0.5) is 5.69 Å². The summed E-state index contributed by atoms with van der Waals surface area (Å²) in [6, 6.07) is 6.76. The van der Waals surface area contributed by atoms with Crippen molar-refractivity contribution in [3.05, 3.63) is 52.4 Å². The van der Waals surface area contributed by atoms with E-state index in [0.29, 0.717) is 34.0 Å². The smallest absolute Gasteiger partial charge is 0.258 e. The molecule has 0 saturated carbocycles. The Labute approximate surface area is 127 Å². The van der Waals surface area contributed by atoms with E-state index in [4.69, 9.17) is 21.1 Å². The van der Waals surface area contributed by atoms with Crippen LogP contribution in [0.1, 0.15) is 28.1 Å². The van der Waals surface area contributed by atoms with E-state index in [1.165, 1.54) is 6.26 Å². The number of anilines is 1. The second-order valence-electron chi connectivity index (χ2n) is 4.37. The highest BCUT2D eigenvalue weighted by Crippen LogP contribution is 2.23. The summed E-state index contributed by atoms with van der Waals surface area (Å²) in [4.78, 5) is 12.1. The van der Waals surface area contributed by atoms with E-state index in [0.717, 1.165) is 0 Å². The number of hydrogen-bond donors (Lipinski definition) is 2. The van der Waals surface area contributed by atoms with Gasteiger partial charge < -0.3 is 14.8 Å². The van der Waals surface area contributed by atoms with E-state index in [1.54, 1.807) is 31.2 Å². The summed E-state index contributed by atoms with van der Waals surface area (Å²) in [6.07, 6.45) is 1.79. The SMILES string of the molecule is Cc1cc(C(=O)Nc2cc(C#CCCO)ccc2Cl)co1. The third kappa shape index (κ3) is 4.12. The molecule has 0 aliphatic rings. The van der Waals surface area contributed by atoms with E-state index in [1.807, 2.05) is 0 Å². The number of halogens is 1. The Morgan fingerprint density at radius 1 is 1.43 bits per heavy atom. The number of furan rings is 1. The second kappa shape index (κ2) is 6.98. The molecule has 0 aliphatic carbocycles. The molecule has 21 heavy (non-hydrogen) atoms. The highest BCUT2D eigenvalue weighted by atomic mass is 35.5. The Hall–Kier alpha value is -2.22. The van der Waals surface area contributed by atoms with Crippen molar-refractivity contribution in [2.24, 2.45) is 0 Å². The van der Waals surface area contributed by atoms with Crippen molar-refractivity contribution in [2.75, 3.05) is 11.9 Å². The first-order valence-corrected chi connectivity index (χ1v) is 6.73. The van der Waals surface area contributed by atoms with Crippen LogP contribution >= 0.6 is 11.6 Å². The van der Waals surface area contributed by atoms with Crippen LogP contribution < -0.4 is 5.32 Å². The number of aliphatic hydroxyl groups is 1. The molecule has 2 rings (SSSR count). The van der Waals surface area contributed by atoms with E-state index in [2.05, 4.69) is 17.2 Å². The van der Waals surface area contributed by atoms with Crippen LogP contribution in [0.3, 0.4) is 0 Å². The van der Waals surface area contributed by atoms with Crippen LogP contribution in [0.15, 0.2) is 34.9 Å². The number of benzene rings is 1. The normalized spacial score (nSPS) is 9.86. The average molecular weight is 304 g/mol. The van der Waals surface area contributed by atoms with Gasteiger partial charge in [-0.2, -0.15) is 0 Å². The van der Waals surface area contributed by atoms with Gasteiger partial charge in [-0.05, 0) is 31.2 Å². The Morgan fingerprint density at radius 2 is 2.24 bits per heavy atom. The van der Waals surface area contributed by atoms with Gasteiger partial charge in [-0.25, -0.2) is 0 Å². The first-order valence-electron chi connectivity index (χ1n) is 6.36. The number of aryl methyl sites for hydroxylation is 1. The maximum absolute atomic E-state index is 12.1. The van der Waals surface area contributed by atoms with E-state index < -0.39 is 0 Å². The number of aliphatic hydroxyl groups excluding tert-OH is 1. The minimum Gasteiger partial charge on any atom is -0.469 e. The lowest BCUT2D eigenvalue weighted by Crippen LogP contribution is -2.11. The van der Waals surface area contributed by atoms with Crippen molar-refractivity contribution in [1.82, 2.24) is 0 Å². The summed E-state index contributed by atoms with van der Waals surface area (Å²) in [7, 11) is 0. The first-order chi connectivity index (χ1) is 10.1. The Kier molecular flexibility index (Phi) is 5.04. The molecule has 1 aromatic heterocycles. The van der Waals surface area contributed by atoms with Gasteiger partial charge in [0, 0.05) is 12.0 Å². The molecule has 0 spiro atoms. The summed E-state index contributed by atoms with van der Waals surface area (Å²) in [5.74, 6) is 6.07. The van der Waals surface area contributed by atoms with Crippen molar-refractivity contribution < 1.29 is 14.3 Å². The van der Waals surface area contributed by atoms with Crippen molar-refractivity contribution >= 4 is 23.2 Å². The van der Waals surface area contributed by atoms with Gasteiger partial charge in [-0.15, -0.1) is 0 Å². The Balaban J connectivity index is 2.17. The van der Waals surface area contributed by atoms with Gasteiger partial charge in [0.05, 0.1) is 22.9 Å². The molecular weight excluding hydrogens is 290 g/mol. The maximum Gasteiger partial charge on any atom is 0.258 e. The standard InChI is InChI=1S/C16H14ClNO3/c1-11-8-13(10-21-11)16(20)18-15-9-12(4-2-3-7-19)5-6-14(15)17/h5-6,8-10,19H,3,7H2,1H3,(H,18,20). The molecule has 2 aromatic rings. The van der Waals surface area contributed by atoms with Gasteiger partial charge in [0.25, 0.3) is 5.91 Å². The summed E-state index contributed by atoms with van der Waals surface area (Å²) >= 11 is 6.07. The van der Waals surface area contributed by atoms with Crippen LogP contribution in [0.5, 0.6) is 0 Å². The molecule has 0 atom stereocenters. The number of carbonyl (C=O) groups excluding carboxylic acids is 1. The summed E-state index contributed by atoms with van der Waals surface area (Å²) in [5.41, 5.74) is 1.63. The van der Waals surface area contributed by atoms with Crippen LogP contribution in [-0.2, 0) is 0 Å². The third-order valence-electron chi connectivity index (χ3n) is 2.68. The fourth-order valence-electron chi connectivity index (χ4n) is 1.68. The Morgan fingerprint density at radius 3 is 2.90 bits per heavy atom. The van der Waals surface area contributed by atoms with E-state index in [-0.39, 0.29) is 12.5 Å². The predicted octanol–water partition coefficient (Wildman–Crippen LogP) is 3.23.